The number of aromatic nitrogens is 1. The van der Waals surface area contributed by atoms with Crippen molar-refractivity contribution in [1.82, 2.24) is 10.3 Å². The molecule has 1 unspecified atom stereocenters. The SMILES string of the molecule is CCCNC(c1ccc(Cl)cc1F)c1ccc(C)nc1C. The molecule has 2 aromatic rings. The van der Waals surface area contributed by atoms with Crippen LogP contribution in [0.2, 0.25) is 5.02 Å². The Hall–Kier alpha value is -1.45. The van der Waals surface area contributed by atoms with E-state index in [1.165, 1.54) is 6.07 Å². The molecular formula is C17H20ClFN2. The Morgan fingerprint density at radius 2 is 1.90 bits per heavy atom. The van der Waals surface area contributed by atoms with Crippen LogP contribution in [0.4, 0.5) is 4.39 Å². The van der Waals surface area contributed by atoms with Gasteiger partial charge in [-0.3, -0.25) is 4.98 Å². The molecule has 2 nitrogen and oxygen atoms in total. The minimum absolute atomic E-state index is 0.213. The van der Waals surface area contributed by atoms with E-state index in [1.54, 1.807) is 12.1 Å². The summed E-state index contributed by atoms with van der Waals surface area (Å²) in [6, 6.07) is 8.57. The zero-order valence-corrected chi connectivity index (χ0v) is 13.3. The predicted molar refractivity (Wildman–Crippen MR) is 85.3 cm³/mol. The molecule has 1 aromatic carbocycles. The lowest BCUT2D eigenvalue weighted by molar-refractivity contribution is 0.544. The standard InChI is InChI=1S/C17H20ClFN2/c1-4-9-20-17(14-7-5-11(2)21-12(14)3)15-8-6-13(18)10-16(15)19/h5-8,10,17,20H,4,9H2,1-3H3. The summed E-state index contributed by atoms with van der Waals surface area (Å²) in [5.41, 5.74) is 3.47. The fourth-order valence-electron chi connectivity index (χ4n) is 2.41. The molecule has 112 valence electrons. The normalized spacial score (nSPS) is 12.4. The molecule has 1 N–H and O–H groups in total. The second-order valence-corrected chi connectivity index (χ2v) is 5.62. The number of benzene rings is 1. The van der Waals surface area contributed by atoms with Gasteiger partial charge in [0.15, 0.2) is 0 Å². The first kappa shape index (κ1) is 15.9. The lowest BCUT2D eigenvalue weighted by Crippen LogP contribution is -2.25. The van der Waals surface area contributed by atoms with E-state index in [4.69, 9.17) is 11.6 Å². The Balaban J connectivity index is 2.46. The summed E-state index contributed by atoms with van der Waals surface area (Å²) < 4.78 is 14.3. The minimum Gasteiger partial charge on any atom is -0.306 e. The zero-order valence-electron chi connectivity index (χ0n) is 12.6. The molecule has 2 rings (SSSR count). The van der Waals surface area contributed by atoms with Crippen LogP contribution in [0.25, 0.3) is 0 Å². The summed E-state index contributed by atoms with van der Waals surface area (Å²) in [6.45, 7) is 6.80. The lowest BCUT2D eigenvalue weighted by Gasteiger charge is -2.22. The number of rotatable bonds is 5. The van der Waals surface area contributed by atoms with E-state index in [0.717, 1.165) is 29.9 Å². The van der Waals surface area contributed by atoms with Crippen molar-refractivity contribution in [3.63, 3.8) is 0 Å². The van der Waals surface area contributed by atoms with E-state index < -0.39 is 0 Å². The van der Waals surface area contributed by atoms with E-state index in [0.29, 0.717) is 10.6 Å². The second kappa shape index (κ2) is 7.01. The summed E-state index contributed by atoms with van der Waals surface area (Å²) in [5.74, 6) is -0.295. The van der Waals surface area contributed by atoms with Crippen molar-refractivity contribution in [1.29, 1.82) is 0 Å². The van der Waals surface area contributed by atoms with Crippen LogP contribution < -0.4 is 5.32 Å². The van der Waals surface area contributed by atoms with Gasteiger partial charge in [0.05, 0.1) is 6.04 Å². The first-order valence-electron chi connectivity index (χ1n) is 7.15. The van der Waals surface area contributed by atoms with Crippen molar-refractivity contribution in [3.05, 3.63) is 63.7 Å². The van der Waals surface area contributed by atoms with Gasteiger partial charge in [-0.1, -0.05) is 30.7 Å². The fraction of sp³-hybridized carbons (Fsp3) is 0.353. The molecule has 0 radical (unpaired) electrons. The van der Waals surface area contributed by atoms with Crippen LogP contribution in [-0.2, 0) is 0 Å². The number of nitrogens with zero attached hydrogens (tertiary/aromatic N) is 1. The monoisotopic (exact) mass is 306 g/mol. The van der Waals surface area contributed by atoms with E-state index >= 15 is 0 Å². The van der Waals surface area contributed by atoms with E-state index in [-0.39, 0.29) is 11.9 Å². The molecule has 0 aliphatic rings. The van der Waals surface area contributed by atoms with Crippen molar-refractivity contribution < 1.29 is 4.39 Å². The number of pyridine rings is 1. The highest BCUT2D eigenvalue weighted by Gasteiger charge is 2.19. The van der Waals surface area contributed by atoms with Crippen LogP contribution in [0.3, 0.4) is 0 Å². The summed E-state index contributed by atoms with van der Waals surface area (Å²) >= 11 is 5.85. The molecule has 1 atom stereocenters. The molecule has 0 saturated heterocycles. The van der Waals surface area contributed by atoms with Crippen molar-refractivity contribution in [3.8, 4) is 0 Å². The van der Waals surface area contributed by atoms with E-state index in [1.807, 2.05) is 26.0 Å². The summed E-state index contributed by atoms with van der Waals surface area (Å²) in [6.07, 6.45) is 0.976. The van der Waals surface area contributed by atoms with Crippen LogP contribution in [-0.4, -0.2) is 11.5 Å². The van der Waals surface area contributed by atoms with Crippen LogP contribution in [0, 0.1) is 19.7 Å². The highest BCUT2D eigenvalue weighted by molar-refractivity contribution is 6.30. The van der Waals surface area contributed by atoms with Gasteiger partial charge in [-0.05, 0) is 50.6 Å². The zero-order chi connectivity index (χ0) is 15.4. The molecule has 1 aromatic heterocycles. The van der Waals surface area contributed by atoms with Crippen LogP contribution in [0.5, 0.6) is 0 Å². The molecule has 21 heavy (non-hydrogen) atoms. The molecule has 4 heteroatoms. The topological polar surface area (TPSA) is 24.9 Å². The van der Waals surface area contributed by atoms with Crippen molar-refractivity contribution >= 4 is 11.6 Å². The summed E-state index contributed by atoms with van der Waals surface area (Å²) in [7, 11) is 0. The van der Waals surface area contributed by atoms with Gasteiger partial charge in [0.1, 0.15) is 5.82 Å². The second-order valence-electron chi connectivity index (χ2n) is 5.18. The maximum atomic E-state index is 14.3. The largest absolute Gasteiger partial charge is 0.306 e. The van der Waals surface area contributed by atoms with Gasteiger partial charge < -0.3 is 5.32 Å². The number of aryl methyl sites for hydroxylation is 2. The quantitative estimate of drug-likeness (QED) is 0.874. The Morgan fingerprint density at radius 1 is 1.19 bits per heavy atom. The molecule has 0 aliphatic heterocycles. The predicted octanol–water partition coefficient (Wildman–Crippen LogP) is 4.58. The van der Waals surface area contributed by atoms with Gasteiger partial charge in [-0.25, -0.2) is 4.39 Å². The molecule has 0 fully saturated rings. The fourth-order valence-corrected chi connectivity index (χ4v) is 2.57. The Morgan fingerprint density at radius 3 is 2.52 bits per heavy atom. The summed E-state index contributed by atoms with van der Waals surface area (Å²) in [5, 5.41) is 3.81. The lowest BCUT2D eigenvalue weighted by atomic mass is 9.96. The molecule has 0 bridgehead atoms. The van der Waals surface area contributed by atoms with Crippen LogP contribution in [0.1, 0.15) is 41.9 Å². The Kier molecular flexibility index (Phi) is 5.32. The first-order valence-corrected chi connectivity index (χ1v) is 7.53. The summed E-state index contributed by atoms with van der Waals surface area (Å²) in [4.78, 5) is 4.49. The molecule has 0 amide bonds. The highest BCUT2D eigenvalue weighted by Crippen LogP contribution is 2.28. The third kappa shape index (κ3) is 3.80. The van der Waals surface area contributed by atoms with E-state index in [2.05, 4.69) is 17.2 Å². The Bertz CT molecular complexity index is 577. The third-order valence-corrected chi connectivity index (χ3v) is 3.68. The van der Waals surface area contributed by atoms with Gasteiger partial charge in [-0.15, -0.1) is 0 Å². The van der Waals surface area contributed by atoms with Crippen molar-refractivity contribution in [2.45, 2.75) is 33.2 Å². The molecule has 0 saturated carbocycles. The molecule has 0 spiro atoms. The average molecular weight is 307 g/mol. The third-order valence-electron chi connectivity index (χ3n) is 3.45. The molecule has 1 heterocycles. The van der Waals surface area contributed by atoms with Gasteiger partial charge in [0.2, 0.25) is 0 Å². The Labute approximate surface area is 130 Å². The smallest absolute Gasteiger partial charge is 0.129 e. The first-order chi connectivity index (χ1) is 10.0. The van der Waals surface area contributed by atoms with Gasteiger partial charge in [0, 0.05) is 22.0 Å². The highest BCUT2D eigenvalue weighted by atomic mass is 35.5. The molecule has 0 aliphatic carbocycles. The van der Waals surface area contributed by atoms with Crippen LogP contribution >= 0.6 is 11.6 Å². The van der Waals surface area contributed by atoms with Gasteiger partial charge in [0.25, 0.3) is 0 Å². The number of halogens is 2. The molecular weight excluding hydrogens is 287 g/mol. The van der Waals surface area contributed by atoms with Crippen LogP contribution in [0.15, 0.2) is 30.3 Å². The van der Waals surface area contributed by atoms with Gasteiger partial charge >= 0.3 is 0 Å². The number of hydrogen-bond donors (Lipinski definition) is 1. The van der Waals surface area contributed by atoms with E-state index in [9.17, 15) is 4.39 Å². The number of nitrogens with one attached hydrogen (secondary N) is 1. The van der Waals surface area contributed by atoms with Gasteiger partial charge in [-0.2, -0.15) is 0 Å². The van der Waals surface area contributed by atoms with Crippen molar-refractivity contribution in [2.75, 3.05) is 6.54 Å². The minimum atomic E-state index is -0.295. The number of hydrogen-bond acceptors (Lipinski definition) is 2. The van der Waals surface area contributed by atoms with Crippen molar-refractivity contribution in [2.24, 2.45) is 0 Å². The average Bonchev–Trinajstić information content (AvgIpc) is 2.42. The maximum Gasteiger partial charge on any atom is 0.129 e. The maximum absolute atomic E-state index is 14.3.